The fourth-order valence-electron chi connectivity index (χ4n) is 10.5. The van der Waals surface area contributed by atoms with Gasteiger partial charge in [0.15, 0.2) is 8.07 Å². The number of rotatable bonds is 9. The van der Waals surface area contributed by atoms with Crippen molar-refractivity contribution in [2.45, 2.75) is 78.6 Å². The molecule has 1 aliphatic rings. The van der Waals surface area contributed by atoms with Crippen LogP contribution in [0.15, 0.2) is 200 Å². The Bertz CT molecular complexity index is 3480. The van der Waals surface area contributed by atoms with Crippen LogP contribution in [-0.2, 0) is 37.3 Å². The van der Waals surface area contributed by atoms with Gasteiger partial charge in [0.2, 0.25) is 0 Å². The Morgan fingerprint density at radius 2 is 1.05 bits per heavy atom. The van der Waals surface area contributed by atoms with E-state index in [0.29, 0.717) is 11.5 Å². The quantitative estimate of drug-likeness (QED) is 0.0819. The van der Waals surface area contributed by atoms with Crippen molar-refractivity contribution in [3.63, 3.8) is 0 Å². The van der Waals surface area contributed by atoms with Crippen molar-refractivity contribution in [3.05, 3.63) is 236 Å². The van der Waals surface area contributed by atoms with E-state index in [0.717, 1.165) is 50.4 Å². The summed E-state index contributed by atoms with van der Waals surface area (Å²) in [5.41, 5.74) is 9.77. The molecule has 0 spiro atoms. The van der Waals surface area contributed by atoms with Crippen molar-refractivity contribution in [1.29, 1.82) is 0 Å². The molecule has 0 bridgehead atoms. The Balaban J connectivity index is 0.00000611. The van der Waals surface area contributed by atoms with Gasteiger partial charge in [-0.15, -0.1) is 48.1 Å². The Morgan fingerprint density at radius 3 is 1.66 bits per heavy atom. The van der Waals surface area contributed by atoms with Crippen molar-refractivity contribution >= 4 is 73.4 Å². The summed E-state index contributed by atoms with van der Waals surface area (Å²) in [7, 11) is -3.04. The van der Waals surface area contributed by atoms with Crippen LogP contribution in [0.1, 0.15) is 79.0 Å². The Labute approximate surface area is 447 Å². The molecule has 5 nitrogen and oxygen atoms in total. The zero-order valence-electron chi connectivity index (χ0n) is 43.1. The van der Waals surface area contributed by atoms with E-state index in [-0.39, 0.29) is 37.3 Å². The molecule has 0 amide bonds. The summed E-state index contributed by atoms with van der Waals surface area (Å²) in [5.74, 6) is 2.04. The van der Waals surface area contributed by atoms with Crippen LogP contribution in [0.4, 0.5) is 22.7 Å². The first-order valence-electron chi connectivity index (χ1n) is 25.1. The molecule has 0 atom stereocenters. The smallest absolute Gasteiger partial charge is 0.181 e. The number of aromatic nitrogens is 2. The Morgan fingerprint density at radius 1 is 0.493 bits per heavy atom. The minimum Gasteiger partial charge on any atom is -0.509 e. The van der Waals surface area contributed by atoms with E-state index in [2.05, 4.69) is 277 Å². The number of pyridine rings is 1. The molecule has 10 aromatic rings. The van der Waals surface area contributed by atoms with Gasteiger partial charge in [0, 0.05) is 61.3 Å². The summed E-state index contributed by atoms with van der Waals surface area (Å²) in [6.07, 6.45) is 1.91. The fourth-order valence-corrected chi connectivity index (χ4v) is 15.4. The van der Waals surface area contributed by atoms with Crippen LogP contribution in [0.3, 0.4) is 0 Å². The standard InChI is InChI=1S/C66H61N4OSi.Pt/c1-64(2,3)46-37-38-67-62(42-46)70-58-32-20-19-31-56(58)57-36-35-52(44-60(57)70)71-51-24-21-23-49(43-51)68-45-69(50-40-47(65(4,5)6)39-48(41-50)66(7,8)9)63-59(68)33-22-34-61(63)72(53-25-13-10-14-26-53,54-27-15-11-16-28-54)55-29-17-12-18-30-55;/h10-42,45H,1-9H3;/q-3;. The van der Waals surface area contributed by atoms with Gasteiger partial charge < -0.3 is 19.1 Å². The molecule has 368 valence electrons. The van der Waals surface area contributed by atoms with Crippen LogP contribution < -0.4 is 35.3 Å². The predicted octanol–water partition coefficient (Wildman–Crippen LogP) is 14.2. The van der Waals surface area contributed by atoms with Gasteiger partial charge in [0.05, 0.1) is 0 Å². The van der Waals surface area contributed by atoms with Crippen LogP contribution in [0.2, 0.25) is 0 Å². The number of benzene rings is 8. The van der Waals surface area contributed by atoms with E-state index < -0.39 is 8.07 Å². The van der Waals surface area contributed by atoms with Gasteiger partial charge in [-0.2, -0.15) is 12.1 Å². The second-order valence-electron chi connectivity index (χ2n) is 22.2. The average molecular weight is 1150 g/mol. The summed E-state index contributed by atoms with van der Waals surface area (Å²) in [6.45, 7) is 22.8. The minimum absolute atomic E-state index is 0. The van der Waals surface area contributed by atoms with Crippen molar-refractivity contribution in [2.24, 2.45) is 0 Å². The molecule has 0 N–H and O–H groups in total. The zero-order chi connectivity index (χ0) is 50.0. The molecule has 0 unspecified atom stereocenters. The molecule has 0 radical (unpaired) electrons. The minimum atomic E-state index is -3.04. The molecular formula is C66H61N4OPtSi-3. The Hall–Kier alpha value is -6.98. The number of para-hydroxylation sites is 2. The third-order valence-electron chi connectivity index (χ3n) is 14.3. The predicted molar refractivity (Wildman–Crippen MR) is 304 cm³/mol. The first-order valence-corrected chi connectivity index (χ1v) is 27.1. The molecule has 1 aliphatic heterocycles. The average Bonchev–Trinajstić information content (AvgIpc) is 3.94. The van der Waals surface area contributed by atoms with Crippen molar-refractivity contribution in [3.8, 4) is 17.3 Å². The maximum Gasteiger partial charge on any atom is 0.181 e. The summed E-state index contributed by atoms with van der Waals surface area (Å²) in [4.78, 5) is 9.65. The van der Waals surface area contributed by atoms with E-state index in [9.17, 15) is 0 Å². The Kier molecular flexibility index (Phi) is 13.0. The van der Waals surface area contributed by atoms with Gasteiger partial charge in [-0.25, -0.2) is 4.98 Å². The fraction of sp³-hybridized carbons (Fsp3) is 0.182. The maximum atomic E-state index is 6.82. The van der Waals surface area contributed by atoms with Crippen molar-refractivity contribution in [2.75, 3.05) is 9.80 Å². The summed E-state index contributed by atoms with van der Waals surface area (Å²) >= 11 is 0. The SMILES string of the molecule is CC(C)(C)c1cc(N2[CH-]N(c3[c-]c(Oc4[c-]c5c(cc4)c4ccccc4n5-c4cc(C(C)(C)C)ccn4)ccc3)c3cccc([Si](c4ccccc4)(c4ccccc4)c4ccccc4)c32)cc(C(C)(C)C)c1.[Pt]. The van der Waals surface area contributed by atoms with E-state index in [1.165, 1.54) is 37.4 Å². The largest absolute Gasteiger partial charge is 0.509 e. The molecule has 11 rings (SSSR count). The van der Waals surface area contributed by atoms with E-state index in [1.807, 2.05) is 18.3 Å². The topological polar surface area (TPSA) is 33.5 Å². The number of ether oxygens (including phenoxy) is 1. The third kappa shape index (κ3) is 9.04. The van der Waals surface area contributed by atoms with Gasteiger partial charge in [-0.05, 0) is 95.5 Å². The van der Waals surface area contributed by atoms with Crippen LogP contribution in [0.25, 0.3) is 27.6 Å². The molecule has 0 fully saturated rings. The van der Waals surface area contributed by atoms with E-state index >= 15 is 0 Å². The molecule has 3 heterocycles. The molecule has 0 saturated carbocycles. The molecule has 73 heavy (non-hydrogen) atoms. The van der Waals surface area contributed by atoms with Crippen LogP contribution >= 0.6 is 0 Å². The van der Waals surface area contributed by atoms with Gasteiger partial charge in [-0.3, -0.25) is 0 Å². The number of hydrogen-bond donors (Lipinski definition) is 0. The summed E-state index contributed by atoms with van der Waals surface area (Å²) in [5, 5.41) is 7.48. The maximum absolute atomic E-state index is 6.82. The second-order valence-corrected chi connectivity index (χ2v) is 26.0. The van der Waals surface area contributed by atoms with Crippen LogP contribution in [0, 0.1) is 18.8 Å². The molecule has 0 aliphatic carbocycles. The number of hydrogen-bond acceptors (Lipinski definition) is 4. The van der Waals surface area contributed by atoms with Gasteiger partial charge in [0.1, 0.15) is 5.82 Å². The van der Waals surface area contributed by atoms with Crippen LogP contribution in [-0.4, -0.2) is 17.6 Å². The van der Waals surface area contributed by atoms with E-state index in [4.69, 9.17) is 9.72 Å². The van der Waals surface area contributed by atoms with Crippen molar-refractivity contribution in [1.82, 2.24) is 9.55 Å². The molecular weight excluding hydrogens is 1090 g/mol. The van der Waals surface area contributed by atoms with Crippen molar-refractivity contribution < 1.29 is 25.8 Å². The zero-order valence-corrected chi connectivity index (χ0v) is 46.4. The normalized spacial score (nSPS) is 13.1. The van der Waals surface area contributed by atoms with Gasteiger partial charge in [0.25, 0.3) is 0 Å². The molecule has 7 heteroatoms. The van der Waals surface area contributed by atoms with Crippen LogP contribution in [0.5, 0.6) is 11.5 Å². The molecule has 0 saturated heterocycles. The number of anilines is 4. The van der Waals surface area contributed by atoms with Gasteiger partial charge in [-0.1, -0.05) is 195 Å². The second kappa shape index (κ2) is 19.1. The van der Waals surface area contributed by atoms with E-state index in [1.54, 1.807) is 0 Å². The number of nitrogens with zero attached hydrogens (tertiary/aromatic N) is 4. The summed E-state index contributed by atoms with van der Waals surface area (Å²) < 4.78 is 9.02. The first kappa shape index (κ1) is 49.6. The summed E-state index contributed by atoms with van der Waals surface area (Å²) in [6, 6.07) is 78.3. The first-order chi connectivity index (χ1) is 34.6. The molecule has 2 aromatic heterocycles. The third-order valence-corrected chi connectivity index (χ3v) is 19.1. The number of fused-ring (bicyclic) bond motifs is 4. The van der Waals surface area contributed by atoms with Gasteiger partial charge >= 0.3 is 0 Å². The monoisotopic (exact) mass is 1150 g/mol. The molecule has 8 aromatic carbocycles.